The summed E-state index contributed by atoms with van der Waals surface area (Å²) in [6, 6.07) is 21.0. The molecule has 32 heavy (non-hydrogen) atoms. The van der Waals surface area contributed by atoms with Crippen LogP contribution in [0.2, 0.25) is 0 Å². The van der Waals surface area contributed by atoms with Crippen LogP contribution in [0.15, 0.2) is 72.8 Å². The van der Waals surface area contributed by atoms with E-state index in [2.05, 4.69) is 0 Å². The van der Waals surface area contributed by atoms with Gasteiger partial charge in [0.15, 0.2) is 17.1 Å². The first kappa shape index (κ1) is 23.4. The van der Waals surface area contributed by atoms with Crippen LogP contribution in [0.1, 0.15) is 21.5 Å². The fraction of sp³-hybridized carbons (Fsp3) is 0.269. The first-order valence-corrected chi connectivity index (χ1v) is 10.3. The number of carbonyl (C=O) groups is 1. The standard InChI is InChI=1S/C26H27FO5/c1-29-18-26(19-30-2,22-6-4-3-5-7-22)32-25-16-21(17-28)10-13-24(25)31-15-14-20-8-11-23(27)12-9-20/h3-13,16-17H,14-15,18-19H2,1-2H3. The largest absolute Gasteiger partial charge is 0.489 e. The normalized spacial score (nSPS) is 11.2. The van der Waals surface area contributed by atoms with Gasteiger partial charge in [-0.1, -0.05) is 42.5 Å². The number of hydrogen-bond donors (Lipinski definition) is 0. The molecule has 0 heterocycles. The Bertz CT molecular complexity index is 983. The van der Waals surface area contributed by atoms with Crippen LogP contribution in [0.3, 0.4) is 0 Å². The van der Waals surface area contributed by atoms with Gasteiger partial charge in [-0.15, -0.1) is 0 Å². The van der Waals surface area contributed by atoms with Gasteiger partial charge in [0.2, 0.25) is 0 Å². The Kier molecular flexibility index (Phi) is 8.36. The molecule has 0 N–H and O–H groups in total. The van der Waals surface area contributed by atoms with Crippen molar-refractivity contribution in [3.05, 3.63) is 95.3 Å². The number of methoxy groups -OCH3 is 2. The highest BCUT2D eigenvalue weighted by Gasteiger charge is 2.36. The second-order valence-corrected chi connectivity index (χ2v) is 7.38. The molecular weight excluding hydrogens is 411 g/mol. The molecule has 6 heteroatoms. The number of carbonyl (C=O) groups excluding carboxylic acids is 1. The van der Waals surface area contributed by atoms with Crippen molar-refractivity contribution in [2.75, 3.05) is 34.0 Å². The van der Waals surface area contributed by atoms with E-state index in [4.69, 9.17) is 18.9 Å². The molecular formula is C26H27FO5. The van der Waals surface area contributed by atoms with Gasteiger partial charge in [0.25, 0.3) is 0 Å². The zero-order valence-electron chi connectivity index (χ0n) is 18.3. The molecule has 3 aromatic rings. The Morgan fingerprint density at radius 1 is 0.875 bits per heavy atom. The van der Waals surface area contributed by atoms with Crippen molar-refractivity contribution in [3.63, 3.8) is 0 Å². The molecule has 0 aliphatic carbocycles. The van der Waals surface area contributed by atoms with Crippen LogP contribution in [0.25, 0.3) is 0 Å². The van der Waals surface area contributed by atoms with Gasteiger partial charge in [-0.25, -0.2) is 4.39 Å². The van der Waals surface area contributed by atoms with Crippen LogP contribution in [0.5, 0.6) is 11.5 Å². The van der Waals surface area contributed by atoms with Gasteiger partial charge in [-0.2, -0.15) is 0 Å². The Morgan fingerprint density at radius 3 is 2.19 bits per heavy atom. The number of rotatable bonds is 12. The molecule has 5 nitrogen and oxygen atoms in total. The molecule has 0 aromatic heterocycles. The second-order valence-electron chi connectivity index (χ2n) is 7.38. The summed E-state index contributed by atoms with van der Waals surface area (Å²) in [5.41, 5.74) is 1.34. The summed E-state index contributed by atoms with van der Waals surface area (Å²) in [6.45, 7) is 0.811. The van der Waals surface area contributed by atoms with Crippen LogP contribution in [0.4, 0.5) is 4.39 Å². The minimum Gasteiger partial charge on any atom is -0.489 e. The maximum atomic E-state index is 13.1. The van der Waals surface area contributed by atoms with E-state index in [9.17, 15) is 9.18 Å². The molecule has 0 aliphatic rings. The first-order chi connectivity index (χ1) is 15.6. The smallest absolute Gasteiger partial charge is 0.180 e. The quantitative estimate of drug-likeness (QED) is 0.379. The van der Waals surface area contributed by atoms with E-state index in [-0.39, 0.29) is 19.0 Å². The summed E-state index contributed by atoms with van der Waals surface area (Å²) in [7, 11) is 3.19. The maximum absolute atomic E-state index is 13.1. The lowest BCUT2D eigenvalue weighted by atomic mass is 9.95. The van der Waals surface area contributed by atoms with Crippen molar-refractivity contribution in [3.8, 4) is 11.5 Å². The van der Waals surface area contributed by atoms with Crippen LogP contribution in [-0.4, -0.2) is 40.3 Å². The molecule has 0 aliphatic heterocycles. The molecule has 168 valence electrons. The lowest BCUT2D eigenvalue weighted by molar-refractivity contribution is -0.0647. The second kappa shape index (κ2) is 11.4. The summed E-state index contributed by atoms with van der Waals surface area (Å²) in [5, 5.41) is 0. The maximum Gasteiger partial charge on any atom is 0.180 e. The van der Waals surface area contributed by atoms with Gasteiger partial charge in [-0.05, 0) is 35.9 Å². The van der Waals surface area contributed by atoms with Crippen molar-refractivity contribution in [2.24, 2.45) is 0 Å². The SMILES string of the molecule is COCC(COC)(Oc1cc(C=O)ccc1OCCc1ccc(F)cc1)c1ccccc1. The van der Waals surface area contributed by atoms with Crippen molar-refractivity contribution >= 4 is 6.29 Å². The van der Waals surface area contributed by atoms with E-state index >= 15 is 0 Å². The fourth-order valence-electron chi connectivity index (χ4n) is 3.47. The summed E-state index contributed by atoms with van der Waals surface area (Å²) < 4.78 is 36.6. The van der Waals surface area contributed by atoms with Crippen LogP contribution in [-0.2, 0) is 21.5 Å². The van der Waals surface area contributed by atoms with Gasteiger partial charge in [0, 0.05) is 31.8 Å². The molecule has 0 atom stereocenters. The van der Waals surface area contributed by atoms with Gasteiger partial charge < -0.3 is 18.9 Å². The molecule has 0 radical (unpaired) electrons. The zero-order chi connectivity index (χ0) is 22.8. The molecule has 0 amide bonds. The molecule has 0 fully saturated rings. The molecule has 3 rings (SSSR count). The third-order valence-corrected chi connectivity index (χ3v) is 5.03. The van der Waals surface area contributed by atoms with Crippen molar-refractivity contribution in [1.29, 1.82) is 0 Å². The minimum atomic E-state index is -0.943. The highest BCUT2D eigenvalue weighted by molar-refractivity contribution is 5.76. The predicted octanol–water partition coefficient (Wildman–Crippen LogP) is 4.83. The molecule has 0 spiro atoms. The van der Waals surface area contributed by atoms with Gasteiger partial charge >= 0.3 is 0 Å². The highest BCUT2D eigenvalue weighted by atomic mass is 19.1. The summed E-state index contributed by atoms with van der Waals surface area (Å²) in [5.74, 6) is 0.625. The van der Waals surface area contributed by atoms with E-state index in [1.807, 2.05) is 30.3 Å². The van der Waals surface area contributed by atoms with E-state index in [0.717, 1.165) is 17.4 Å². The zero-order valence-corrected chi connectivity index (χ0v) is 18.3. The summed E-state index contributed by atoms with van der Waals surface area (Å²) >= 11 is 0. The van der Waals surface area contributed by atoms with Crippen LogP contribution in [0, 0.1) is 5.82 Å². The Morgan fingerprint density at radius 2 is 1.56 bits per heavy atom. The van der Waals surface area contributed by atoms with E-state index in [1.54, 1.807) is 44.6 Å². The molecule has 0 saturated heterocycles. The summed E-state index contributed by atoms with van der Waals surface area (Å²) in [6.07, 6.45) is 1.35. The third-order valence-electron chi connectivity index (χ3n) is 5.03. The number of benzene rings is 3. The van der Waals surface area contributed by atoms with Gasteiger partial charge in [0.05, 0.1) is 19.8 Å². The van der Waals surface area contributed by atoms with E-state index < -0.39 is 5.60 Å². The third kappa shape index (κ3) is 5.93. The molecule has 0 unspecified atom stereocenters. The Labute approximate surface area is 187 Å². The van der Waals surface area contributed by atoms with Crippen LogP contribution < -0.4 is 9.47 Å². The average Bonchev–Trinajstić information content (AvgIpc) is 2.82. The first-order valence-electron chi connectivity index (χ1n) is 10.3. The van der Waals surface area contributed by atoms with Crippen LogP contribution >= 0.6 is 0 Å². The number of hydrogen-bond acceptors (Lipinski definition) is 5. The van der Waals surface area contributed by atoms with Gasteiger partial charge in [-0.3, -0.25) is 4.79 Å². The molecule has 3 aromatic carbocycles. The number of ether oxygens (including phenoxy) is 4. The lowest BCUT2D eigenvalue weighted by Crippen LogP contribution is -2.42. The topological polar surface area (TPSA) is 54.0 Å². The van der Waals surface area contributed by atoms with E-state index in [0.29, 0.717) is 30.1 Å². The lowest BCUT2D eigenvalue weighted by Gasteiger charge is -2.34. The minimum absolute atomic E-state index is 0.227. The Balaban J connectivity index is 1.88. The summed E-state index contributed by atoms with van der Waals surface area (Å²) in [4.78, 5) is 11.4. The number of halogens is 1. The van der Waals surface area contributed by atoms with Gasteiger partial charge in [0.1, 0.15) is 12.1 Å². The van der Waals surface area contributed by atoms with Crippen molar-refractivity contribution < 1.29 is 28.1 Å². The molecule has 0 saturated carbocycles. The fourth-order valence-corrected chi connectivity index (χ4v) is 3.47. The predicted molar refractivity (Wildman–Crippen MR) is 120 cm³/mol. The molecule has 0 bridgehead atoms. The van der Waals surface area contributed by atoms with Crippen molar-refractivity contribution in [1.82, 2.24) is 0 Å². The average molecular weight is 438 g/mol. The Hall–Kier alpha value is -3.22. The number of aldehydes is 1. The van der Waals surface area contributed by atoms with Crippen molar-refractivity contribution in [2.45, 2.75) is 12.0 Å². The van der Waals surface area contributed by atoms with E-state index in [1.165, 1.54) is 12.1 Å². The monoisotopic (exact) mass is 438 g/mol. The highest BCUT2D eigenvalue weighted by Crippen LogP contribution is 2.36.